The Labute approximate surface area is 142 Å². The van der Waals surface area contributed by atoms with Crippen LogP contribution >= 0.6 is 15.9 Å². The smallest absolute Gasteiger partial charge is 0.339 e. The zero-order chi connectivity index (χ0) is 16.8. The highest BCUT2D eigenvalue weighted by atomic mass is 79.9. The molecule has 23 heavy (non-hydrogen) atoms. The van der Waals surface area contributed by atoms with Gasteiger partial charge in [0.1, 0.15) is 12.4 Å². The number of hydrogen-bond acceptors (Lipinski definition) is 5. The molecule has 0 bridgehead atoms. The van der Waals surface area contributed by atoms with Crippen molar-refractivity contribution in [2.45, 2.75) is 6.61 Å². The van der Waals surface area contributed by atoms with Gasteiger partial charge in [-0.3, -0.25) is 0 Å². The zero-order valence-corrected chi connectivity index (χ0v) is 14.3. The summed E-state index contributed by atoms with van der Waals surface area (Å²) in [6, 6.07) is 11.7. The van der Waals surface area contributed by atoms with Crippen LogP contribution < -0.4 is 4.74 Å². The van der Waals surface area contributed by atoms with Crippen molar-refractivity contribution < 1.29 is 23.8 Å². The van der Waals surface area contributed by atoms with Crippen LogP contribution in [0.4, 0.5) is 0 Å². The number of hydrogen-bond donors (Lipinski definition) is 0. The minimum atomic E-state index is -0.465. The fourth-order valence-corrected chi connectivity index (χ4v) is 2.28. The largest absolute Gasteiger partial charge is 0.497 e. The van der Waals surface area contributed by atoms with Crippen LogP contribution in [-0.4, -0.2) is 26.2 Å². The van der Waals surface area contributed by atoms with Crippen LogP contribution in [0.25, 0.3) is 0 Å². The first kappa shape index (κ1) is 17.0. The molecule has 0 aliphatic carbocycles. The van der Waals surface area contributed by atoms with E-state index in [1.807, 2.05) is 0 Å². The highest BCUT2D eigenvalue weighted by Crippen LogP contribution is 2.23. The molecule has 2 aromatic rings. The molecule has 0 amide bonds. The Hall–Kier alpha value is -2.34. The fraction of sp³-hybridized carbons (Fsp3) is 0.176. The molecule has 0 atom stereocenters. The molecule has 0 aromatic heterocycles. The number of ether oxygens (including phenoxy) is 3. The molecule has 120 valence electrons. The maximum Gasteiger partial charge on any atom is 0.339 e. The number of carbonyl (C=O) groups excluding carboxylic acids is 2. The third-order valence-electron chi connectivity index (χ3n) is 3.14. The van der Waals surface area contributed by atoms with Crippen molar-refractivity contribution in [1.29, 1.82) is 0 Å². The lowest BCUT2D eigenvalue weighted by molar-refractivity contribution is 0.0470. The normalized spacial score (nSPS) is 10.0. The molecule has 0 saturated heterocycles. The molecule has 0 aliphatic heterocycles. The van der Waals surface area contributed by atoms with Crippen LogP contribution in [0.3, 0.4) is 0 Å². The lowest BCUT2D eigenvalue weighted by Gasteiger charge is -2.08. The summed E-state index contributed by atoms with van der Waals surface area (Å²) in [6.45, 7) is 0.101. The molecule has 0 heterocycles. The number of rotatable bonds is 5. The van der Waals surface area contributed by atoms with Crippen molar-refractivity contribution in [2.24, 2.45) is 0 Å². The van der Waals surface area contributed by atoms with E-state index in [1.54, 1.807) is 42.5 Å². The summed E-state index contributed by atoms with van der Waals surface area (Å²) in [5, 5.41) is 0. The van der Waals surface area contributed by atoms with Gasteiger partial charge >= 0.3 is 11.9 Å². The van der Waals surface area contributed by atoms with Gasteiger partial charge in [-0.05, 0) is 51.8 Å². The quantitative estimate of drug-likeness (QED) is 0.743. The SMILES string of the molecule is COC(=O)c1ccc(COC(=O)c2cc(OC)ccc2Br)cc1. The average Bonchev–Trinajstić information content (AvgIpc) is 2.59. The van der Waals surface area contributed by atoms with E-state index in [0.717, 1.165) is 5.56 Å². The Morgan fingerprint density at radius 2 is 1.70 bits per heavy atom. The molecular weight excluding hydrogens is 364 g/mol. The summed E-state index contributed by atoms with van der Waals surface area (Å²) < 4.78 is 15.6. The van der Waals surface area contributed by atoms with E-state index in [0.29, 0.717) is 21.3 Å². The predicted molar refractivity (Wildman–Crippen MR) is 87.6 cm³/mol. The first-order valence-electron chi connectivity index (χ1n) is 6.73. The van der Waals surface area contributed by atoms with Crippen molar-refractivity contribution >= 4 is 27.9 Å². The van der Waals surface area contributed by atoms with Crippen molar-refractivity contribution in [3.05, 3.63) is 63.6 Å². The standard InChI is InChI=1S/C17H15BrO5/c1-21-13-7-8-15(18)14(9-13)17(20)23-10-11-3-5-12(6-4-11)16(19)22-2/h3-9H,10H2,1-2H3. The molecular formula is C17H15BrO5. The lowest BCUT2D eigenvalue weighted by Crippen LogP contribution is -2.07. The van der Waals surface area contributed by atoms with Gasteiger partial charge in [0.2, 0.25) is 0 Å². The van der Waals surface area contributed by atoms with Crippen LogP contribution in [0.2, 0.25) is 0 Å². The summed E-state index contributed by atoms with van der Waals surface area (Å²) in [6.07, 6.45) is 0. The maximum absolute atomic E-state index is 12.1. The Balaban J connectivity index is 2.03. The summed E-state index contributed by atoms with van der Waals surface area (Å²) in [5.41, 5.74) is 1.60. The fourth-order valence-electron chi connectivity index (χ4n) is 1.87. The second-order valence-electron chi connectivity index (χ2n) is 4.61. The van der Waals surface area contributed by atoms with E-state index in [1.165, 1.54) is 14.2 Å². The van der Waals surface area contributed by atoms with Gasteiger partial charge in [0, 0.05) is 4.47 Å². The van der Waals surface area contributed by atoms with Gasteiger partial charge in [0.25, 0.3) is 0 Å². The summed E-state index contributed by atoms with van der Waals surface area (Å²) in [7, 11) is 2.85. The molecule has 0 N–H and O–H groups in total. The molecule has 0 saturated carbocycles. The topological polar surface area (TPSA) is 61.8 Å². The number of carbonyl (C=O) groups is 2. The van der Waals surface area contributed by atoms with E-state index in [-0.39, 0.29) is 6.61 Å². The van der Waals surface area contributed by atoms with E-state index in [9.17, 15) is 9.59 Å². The maximum atomic E-state index is 12.1. The molecule has 2 rings (SSSR count). The van der Waals surface area contributed by atoms with E-state index in [4.69, 9.17) is 9.47 Å². The molecule has 5 nitrogen and oxygen atoms in total. The Kier molecular flexibility index (Phi) is 5.76. The van der Waals surface area contributed by atoms with Gasteiger partial charge in [0.05, 0.1) is 25.3 Å². The molecule has 0 radical (unpaired) electrons. The summed E-state index contributed by atoms with van der Waals surface area (Å²) >= 11 is 3.31. The van der Waals surface area contributed by atoms with E-state index < -0.39 is 11.9 Å². The lowest BCUT2D eigenvalue weighted by atomic mass is 10.1. The Bertz CT molecular complexity index is 709. The number of methoxy groups -OCH3 is 2. The van der Waals surface area contributed by atoms with Gasteiger partial charge in [-0.1, -0.05) is 12.1 Å². The third-order valence-corrected chi connectivity index (χ3v) is 3.83. The van der Waals surface area contributed by atoms with Crippen LogP contribution in [0.1, 0.15) is 26.3 Å². The van der Waals surface area contributed by atoms with Crippen molar-refractivity contribution in [3.63, 3.8) is 0 Å². The van der Waals surface area contributed by atoms with Gasteiger partial charge in [-0.15, -0.1) is 0 Å². The second-order valence-corrected chi connectivity index (χ2v) is 5.46. The van der Waals surface area contributed by atoms with Crippen molar-refractivity contribution in [1.82, 2.24) is 0 Å². The number of esters is 2. The minimum Gasteiger partial charge on any atom is -0.497 e. The highest BCUT2D eigenvalue weighted by Gasteiger charge is 2.13. The second kappa shape index (κ2) is 7.78. The molecule has 0 spiro atoms. The Morgan fingerprint density at radius 1 is 1.00 bits per heavy atom. The first-order valence-corrected chi connectivity index (χ1v) is 7.52. The van der Waals surface area contributed by atoms with Gasteiger partial charge in [-0.2, -0.15) is 0 Å². The molecule has 0 aliphatic rings. The minimum absolute atomic E-state index is 0.101. The van der Waals surface area contributed by atoms with E-state index >= 15 is 0 Å². The van der Waals surface area contributed by atoms with Crippen LogP contribution in [-0.2, 0) is 16.1 Å². The summed E-state index contributed by atoms with van der Waals surface area (Å²) in [4.78, 5) is 23.5. The van der Waals surface area contributed by atoms with Crippen LogP contribution in [0, 0.1) is 0 Å². The van der Waals surface area contributed by atoms with Gasteiger partial charge in [-0.25, -0.2) is 9.59 Å². The van der Waals surface area contributed by atoms with Crippen molar-refractivity contribution in [2.75, 3.05) is 14.2 Å². The van der Waals surface area contributed by atoms with Gasteiger partial charge in [0.15, 0.2) is 0 Å². The highest BCUT2D eigenvalue weighted by molar-refractivity contribution is 9.10. The molecule has 2 aromatic carbocycles. The van der Waals surface area contributed by atoms with E-state index in [2.05, 4.69) is 20.7 Å². The van der Waals surface area contributed by atoms with Crippen molar-refractivity contribution in [3.8, 4) is 5.75 Å². The number of benzene rings is 2. The van der Waals surface area contributed by atoms with Crippen LogP contribution in [0.5, 0.6) is 5.75 Å². The molecule has 6 heteroatoms. The van der Waals surface area contributed by atoms with Crippen LogP contribution in [0.15, 0.2) is 46.9 Å². The first-order chi connectivity index (χ1) is 11.0. The summed E-state index contributed by atoms with van der Waals surface area (Å²) in [5.74, 6) is -0.302. The van der Waals surface area contributed by atoms with Gasteiger partial charge < -0.3 is 14.2 Å². The number of halogens is 1. The predicted octanol–water partition coefficient (Wildman–Crippen LogP) is 3.60. The third kappa shape index (κ3) is 4.32. The zero-order valence-electron chi connectivity index (χ0n) is 12.7. The molecule has 0 fully saturated rings. The molecule has 0 unspecified atom stereocenters. The monoisotopic (exact) mass is 378 g/mol. The average molecular weight is 379 g/mol. The Morgan fingerprint density at radius 3 is 2.30 bits per heavy atom.